The number of aryl methyl sites for hydroxylation is 1. The summed E-state index contributed by atoms with van der Waals surface area (Å²) in [5.74, 6) is -0.109. The molecule has 2 amide bonds. The maximum absolute atomic E-state index is 13.2. The van der Waals surface area contributed by atoms with Gasteiger partial charge in [-0.2, -0.15) is 5.26 Å². The first-order valence-electron chi connectivity index (χ1n) is 8.15. The summed E-state index contributed by atoms with van der Waals surface area (Å²) >= 11 is 0. The fourth-order valence-corrected chi connectivity index (χ4v) is 5.00. The molecule has 0 saturated carbocycles. The molecule has 4 atom stereocenters. The zero-order valence-corrected chi connectivity index (χ0v) is 14.3. The average Bonchev–Trinajstić information content (AvgIpc) is 3.02. The predicted octanol–water partition coefficient (Wildman–Crippen LogP) is 1.57. The fraction of sp³-hybridized carbons (Fsp3) is 0.556. The van der Waals surface area contributed by atoms with Crippen LogP contribution in [-0.2, 0) is 9.59 Å². The first kappa shape index (κ1) is 15.1. The molecule has 124 valence electrons. The number of likely N-dealkylation sites (tertiary alicyclic amines) is 1. The summed E-state index contributed by atoms with van der Waals surface area (Å²) in [6.45, 7) is 5.57. The van der Waals surface area contributed by atoms with E-state index in [9.17, 15) is 14.9 Å². The highest BCUT2D eigenvalue weighted by molar-refractivity contribution is 6.07. The minimum absolute atomic E-state index is 0.0476. The molecular weight excluding hydrogens is 304 g/mol. The molecule has 3 fully saturated rings. The molecule has 0 N–H and O–H groups in total. The number of rotatable bonds is 1. The van der Waals surface area contributed by atoms with Gasteiger partial charge in [0.15, 0.2) is 0 Å². The van der Waals surface area contributed by atoms with Crippen LogP contribution in [0.5, 0.6) is 0 Å². The van der Waals surface area contributed by atoms with Crippen molar-refractivity contribution >= 4 is 11.8 Å². The second kappa shape index (κ2) is 4.15. The van der Waals surface area contributed by atoms with E-state index in [1.165, 1.54) is 0 Å². The number of carbonyl (C=O) groups excluding carboxylic acids is 2. The van der Waals surface area contributed by atoms with E-state index in [1.54, 1.807) is 23.0 Å². The van der Waals surface area contributed by atoms with Gasteiger partial charge in [-0.05, 0) is 32.4 Å². The largest absolute Gasteiger partial charge is 0.329 e. The SMILES string of the molecule is Cc1ccc(C2N3C(=O)[C@@]4(C)C[C@@]3(C[C@]2(C)C#N)C(=O)N4C)cn1. The van der Waals surface area contributed by atoms with Gasteiger partial charge in [0.25, 0.3) is 0 Å². The van der Waals surface area contributed by atoms with Crippen LogP contribution in [0.4, 0.5) is 0 Å². The Kier molecular flexibility index (Phi) is 2.62. The quantitative estimate of drug-likeness (QED) is 0.785. The number of piperazine rings is 1. The molecule has 6 nitrogen and oxygen atoms in total. The number of fused-ring (bicyclic) bond motifs is 1. The number of nitrogens with zero attached hydrogens (tertiary/aromatic N) is 4. The number of likely N-dealkylation sites (N-methyl/N-ethyl adjacent to an activating group) is 1. The van der Waals surface area contributed by atoms with Gasteiger partial charge < -0.3 is 9.80 Å². The van der Waals surface area contributed by atoms with E-state index < -0.39 is 22.5 Å². The number of nitriles is 1. The number of hydrogen-bond acceptors (Lipinski definition) is 4. The van der Waals surface area contributed by atoms with Crippen molar-refractivity contribution in [2.75, 3.05) is 7.05 Å². The van der Waals surface area contributed by atoms with E-state index in [1.807, 2.05) is 32.9 Å². The van der Waals surface area contributed by atoms with Gasteiger partial charge in [0.1, 0.15) is 11.1 Å². The van der Waals surface area contributed by atoms with E-state index in [4.69, 9.17) is 0 Å². The first-order chi connectivity index (χ1) is 11.2. The first-order valence-corrected chi connectivity index (χ1v) is 8.15. The Hall–Kier alpha value is -2.42. The van der Waals surface area contributed by atoms with E-state index in [-0.39, 0.29) is 11.8 Å². The van der Waals surface area contributed by atoms with Crippen molar-refractivity contribution < 1.29 is 9.59 Å². The van der Waals surface area contributed by atoms with Gasteiger partial charge in [-0.1, -0.05) is 6.07 Å². The van der Waals surface area contributed by atoms with E-state index in [2.05, 4.69) is 11.1 Å². The molecule has 1 aromatic rings. The van der Waals surface area contributed by atoms with Crippen LogP contribution in [0.1, 0.15) is 44.0 Å². The van der Waals surface area contributed by atoms with Crippen LogP contribution in [0.2, 0.25) is 0 Å². The lowest BCUT2D eigenvalue weighted by molar-refractivity contribution is -0.159. The Morgan fingerprint density at radius 2 is 1.96 bits per heavy atom. The van der Waals surface area contributed by atoms with Gasteiger partial charge in [-0.25, -0.2) is 0 Å². The fourth-order valence-electron chi connectivity index (χ4n) is 5.00. The van der Waals surface area contributed by atoms with E-state index >= 15 is 0 Å². The molecule has 1 spiro atoms. The summed E-state index contributed by atoms with van der Waals surface area (Å²) in [6.07, 6.45) is 2.56. The van der Waals surface area contributed by atoms with Crippen LogP contribution in [0.25, 0.3) is 0 Å². The highest BCUT2D eigenvalue weighted by Crippen LogP contribution is 2.64. The van der Waals surface area contributed by atoms with Crippen molar-refractivity contribution in [1.29, 1.82) is 5.26 Å². The summed E-state index contributed by atoms with van der Waals surface area (Å²) in [6, 6.07) is 5.74. The number of amides is 2. The summed E-state index contributed by atoms with van der Waals surface area (Å²) in [5, 5.41) is 9.86. The van der Waals surface area contributed by atoms with Crippen LogP contribution in [0.15, 0.2) is 18.3 Å². The molecule has 0 radical (unpaired) electrons. The zero-order chi connectivity index (χ0) is 17.5. The zero-order valence-electron chi connectivity index (χ0n) is 14.3. The van der Waals surface area contributed by atoms with Crippen molar-refractivity contribution in [3.63, 3.8) is 0 Å². The third kappa shape index (κ3) is 1.44. The lowest BCUT2D eigenvalue weighted by Crippen LogP contribution is -2.60. The standard InChI is InChI=1S/C18H20N4O2/c1-11-5-6-12(7-20-11)13-16(2,10-19)8-18-9-17(3,14(23)22(13)18)21(4)15(18)24/h5-7,13H,8-9H2,1-4H3/t13?,16-,17-,18+/m1/s1. The smallest absolute Gasteiger partial charge is 0.249 e. The predicted molar refractivity (Wildman–Crippen MR) is 85.4 cm³/mol. The number of hydrogen-bond donors (Lipinski definition) is 0. The van der Waals surface area contributed by atoms with Crippen molar-refractivity contribution in [2.24, 2.45) is 5.41 Å². The molecule has 6 heteroatoms. The molecule has 1 aromatic heterocycles. The molecule has 4 heterocycles. The molecule has 3 saturated heterocycles. The minimum atomic E-state index is -0.888. The Morgan fingerprint density at radius 3 is 2.54 bits per heavy atom. The molecule has 4 rings (SSSR count). The minimum Gasteiger partial charge on any atom is -0.329 e. The lowest BCUT2D eigenvalue weighted by atomic mass is 9.76. The average molecular weight is 324 g/mol. The van der Waals surface area contributed by atoms with Gasteiger partial charge in [0.2, 0.25) is 11.8 Å². The number of carbonyl (C=O) groups is 2. The maximum Gasteiger partial charge on any atom is 0.249 e. The van der Waals surface area contributed by atoms with Gasteiger partial charge in [0.05, 0.1) is 17.5 Å². The molecule has 3 aliphatic heterocycles. The van der Waals surface area contributed by atoms with Gasteiger partial charge in [-0.3, -0.25) is 14.6 Å². The number of aromatic nitrogens is 1. The highest BCUT2D eigenvalue weighted by Gasteiger charge is 2.77. The molecule has 0 aliphatic carbocycles. The normalized spacial score (nSPS) is 40.2. The monoisotopic (exact) mass is 324 g/mol. The van der Waals surface area contributed by atoms with Gasteiger partial charge in [-0.15, -0.1) is 0 Å². The summed E-state index contributed by atoms with van der Waals surface area (Å²) in [5.41, 5.74) is -0.803. The topological polar surface area (TPSA) is 77.3 Å². The Morgan fingerprint density at radius 1 is 1.25 bits per heavy atom. The van der Waals surface area contributed by atoms with Gasteiger partial charge in [0, 0.05) is 31.8 Å². The van der Waals surface area contributed by atoms with Crippen molar-refractivity contribution in [3.8, 4) is 6.07 Å². The van der Waals surface area contributed by atoms with Crippen molar-refractivity contribution in [2.45, 2.75) is 50.7 Å². The molecule has 1 unspecified atom stereocenters. The Bertz CT molecular complexity index is 813. The van der Waals surface area contributed by atoms with Crippen LogP contribution >= 0.6 is 0 Å². The molecule has 0 aromatic carbocycles. The van der Waals surface area contributed by atoms with Crippen LogP contribution in [0, 0.1) is 23.7 Å². The second-order valence-corrected chi connectivity index (χ2v) is 7.86. The molecule has 3 aliphatic rings. The second-order valence-electron chi connectivity index (χ2n) is 7.86. The summed E-state index contributed by atoms with van der Waals surface area (Å²) < 4.78 is 0. The summed E-state index contributed by atoms with van der Waals surface area (Å²) in [7, 11) is 1.69. The maximum atomic E-state index is 13.2. The molecule has 24 heavy (non-hydrogen) atoms. The lowest BCUT2D eigenvalue weighted by Gasteiger charge is -2.41. The highest BCUT2D eigenvalue weighted by atomic mass is 16.2. The molecular formula is C18H20N4O2. The van der Waals surface area contributed by atoms with Crippen LogP contribution in [0.3, 0.4) is 0 Å². The Balaban J connectivity index is 1.92. The van der Waals surface area contributed by atoms with Gasteiger partial charge >= 0.3 is 0 Å². The Labute approximate surface area is 141 Å². The van der Waals surface area contributed by atoms with Crippen LogP contribution in [-0.4, -0.2) is 44.7 Å². The van der Waals surface area contributed by atoms with Crippen molar-refractivity contribution in [3.05, 3.63) is 29.6 Å². The van der Waals surface area contributed by atoms with E-state index in [0.29, 0.717) is 12.8 Å². The third-order valence-corrected chi connectivity index (χ3v) is 6.25. The van der Waals surface area contributed by atoms with E-state index in [0.717, 1.165) is 11.3 Å². The third-order valence-electron chi connectivity index (χ3n) is 6.25. The van der Waals surface area contributed by atoms with Crippen LogP contribution < -0.4 is 0 Å². The summed E-state index contributed by atoms with van der Waals surface area (Å²) in [4.78, 5) is 33.7. The molecule has 2 bridgehead atoms. The van der Waals surface area contributed by atoms with Crippen molar-refractivity contribution in [1.82, 2.24) is 14.8 Å². The number of pyridine rings is 1.